The van der Waals surface area contributed by atoms with Crippen molar-refractivity contribution in [2.75, 3.05) is 11.4 Å². The van der Waals surface area contributed by atoms with Crippen LogP contribution in [0.15, 0.2) is 42.6 Å². The summed E-state index contributed by atoms with van der Waals surface area (Å²) in [6.45, 7) is 6.61. The number of hydrogen-bond acceptors (Lipinski definition) is 4. The van der Waals surface area contributed by atoms with Crippen LogP contribution in [0.5, 0.6) is 0 Å². The molecule has 0 radical (unpaired) electrons. The highest BCUT2D eigenvalue weighted by Crippen LogP contribution is 2.33. The topological polar surface area (TPSA) is 63.9 Å². The Balaban J connectivity index is 1.46. The largest absolute Gasteiger partial charge is 0.416 e. The zero-order chi connectivity index (χ0) is 25.1. The monoisotopic (exact) mass is 499 g/mol. The van der Waals surface area contributed by atoms with E-state index in [9.17, 15) is 18.0 Å². The van der Waals surface area contributed by atoms with Gasteiger partial charge in [0.1, 0.15) is 5.69 Å². The Kier molecular flexibility index (Phi) is 5.55. The van der Waals surface area contributed by atoms with Gasteiger partial charge >= 0.3 is 6.18 Å². The highest BCUT2D eigenvalue weighted by atomic mass is 35.5. The van der Waals surface area contributed by atoms with Gasteiger partial charge in [0.2, 0.25) is 0 Å². The summed E-state index contributed by atoms with van der Waals surface area (Å²) in [5.41, 5.74) is 4.04. The van der Waals surface area contributed by atoms with Gasteiger partial charge in [-0.3, -0.25) is 9.48 Å². The van der Waals surface area contributed by atoms with E-state index < -0.39 is 11.7 Å². The summed E-state index contributed by atoms with van der Waals surface area (Å²) >= 11 is 6.23. The van der Waals surface area contributed by atoms with E-state index in [2.05, 4.69) is 15.1 Å². The second-order valence-electron chi connectivity index (χ2n) is 8.62. The van der Waals surface area contributed by atoms with Gasteiger partial charge in [-0.1, -0.05) is 0 Å². The number of anilines is 1. The Labute approximate surface area is 204 Å². The lowest BCUT2D eigenvalue weighted by Crippen LogP contribution is -2.41. The van der Waals surface area contributed by atoms with Crippen molar-refractivity contribution >= 4 is 34.1 Å². The number of aromatic nitrogens is 4. The summed E-state index contributed by atoms with van der Waals surface area (Å²) in [6.07, 6.45) is -3.03. The van der Waals surface area contributed by atoms with Crippen LogP contribution in [0.3, 0.4) is 0 Å². The summed E-state index contributed by atoms with van der Waals surface area (Å²) in [5.74, 6) is 0.259. The third-order valence-electron chi connectivity index (χ3n) is 6.24. The molecule has 3 heterocycles. The van der Waals surface area contributed by atoms with Crippen molar-refractivity contribution in [1.82, 2.24) is 19.7 Å². The van der Waals surface area contributed by atoms with E-state index in [-0.39, 0.29) is 11.3 Å². The molecule has 2 aromatic heterocycles. The van der Waals surface area contributed by atoms with E-state index in [0.29, 0.717) is 46.8 Å². The molecule has 5 rings (SSSR count). The lowest BCUT2D eigenvalue weighted by Gasteiger charge is -2.29. The fraction of sp³-hybridized carbons (Fsp3) is 0.280. The van der Waals surface area contributed by atoms with Gasteiger partial charge in [-0.05, 0) is 62.7 Å². The second-order valence-corrected chi connectivity index (χ2v) is 9.28. The summed E-state index contributed by atoms with van der Waals surface area (Å²) in [7, 11) is 0. The Bertz CT molecular complexity index is 1480. The van der Waals surface area contributed by atoms with Crippen molar-refractivity contribution in [2.24, 2.45) is 0 Å². The molecule has 0 saturated heterocycles. The number of benzene rings is 2. The number of carbonyl (C=O) groups excluding carboxylic acids is 1. The third-order valence-corrected chi connectivity index (χ3v) is 6.45. The van der Waals surface area contributed by atoms with Crippen LogP contribution in [-0.4, -0.2) is 32.2 Å². The highest BCUT2D eigenvalue weighted by molar-refractivity contribution is 6.20. The van der Waals surface area contributed by atoms with Crippen LogP contribution >= 0.6 is 11.6 Å². The molecule has 10 heteroatoms. The van der Waals surface area contributed by atoms with Crippen molar-refractivity contribution in [3.8, 4) is 11.4 Å². The quantitative estimate of drug-likeness (QED) is 0.320. The molecule has 0 fully saturated rings. The first-order valence-corrected chi connectivity index (χ1v) is 11.5. The maximum atomic E-state index is 13.3. The number of carbonyl (C=O) groups is 1. The summed E-state index contributed by atoms with van der Waals surface area (Å²) in [6, 6.07) is 8.93. The predicted octanol–water partition coefficient (Wildman–Crippen LogP) is 6.09. The van der Waals surface area contributed by atoms with Crippen LogP contribution in [0, 0.1) is 13.8 Å². The number of aryl methyl sites for hydroxylation is 1. The van der Waals surface area contributed by atoms with Gasteiger partial charge in [-0.25, -0.2) is 9.97 Å². The van der Waals surface area contributed by atoms with Crippen LogP contribution in [0.4, 0.5) is 18.9 Å². The van der Waals surface area contributed by atoms with Crippen molar-refractivity contribution in [2.45, 2.75) is 38.9 Å². The Morgan fingerprint density at radius 2 is 1.86 bits per heavy atom. The summed E-state index contributed by atoms with van der Waals surface area (Å²) in [4.78, 5) is 23.8. The van der Waals surface area contributed by atoms with Gasteiger partial charge in [0.05, 0.1) is 28.7 Å². The number of amides is 1. The number of hydrogen-bond donors (Lipinski definition) is 0. The van der Waals surface area contributed by atoms with Crippen molar-refractivity contribution in [3.05, 3.63) is 70.7 Å². The SMILES string of the molecule is Cc1cc(-c2ncc3cc(C(F)(F)F)ccc3n2)ccc1N1CCn2nc(C(C)Cl)c(C)c2C1=O. The van der Waals surface area contributed by atoms with Crippen molar-refractivity contribution in [1.29, 1.82) is 0 Å². The Morgan fingerprint density at radius 3 is 2.54 bits per heavy atom. The van der Waals surface area contributed by atoms with Crippen LogP contribution in [0.25, 0.3) is 22.3 Å². The molecule has 0 N–H and O–H groups in total. The molecule has 180 valence electrons. The fourth-order valence-corrected chi connectivity index (χ4v) is 4.69. The Morgan fingerprint density at radius 1 is 1.09 bits per heavy atom. The first-order chi connectivity index (χ1) is 16.5. The average molecular weight is 500 g/mol. The molecule has 2 aromatic carbocycles. The van der Waals surface area contributed by atoms with Gasteiger partial charge in [-0.2, -0.15) is 18.3 Å². The van der Waals surface area contributed by atoms with E-state index in [0.717, 1.165) is 28.9 Å². The van der Waals surface area contributed by atoms with Crippen molar-refractivity contribution < 1.29 is 18.0 Å². The molecule has 6 nitrogen and oxygen atoms in total. The number of halogens is 4. The maximum absolute atomic E-state index is 13.3. The first-order valence-electron chi connectivity index (χ1n) is 11.0. The molecule has 1 unspecified atom stereocenters. The molecule has 35 heavy (non-hydrogen) atoms. The molecular formula is C25H21ClF3N5O. The molecule has 0 bridgehead atoms. The van der Waals surface area contributed by atoms with Crippen LogP contribution in [0.2, 0.25) is 0 Å². The minimum atomic E-state index is -4.42. The molecule has 4 aromatic rings. The minimum absolute atomic E-state index is 0.136. The molecule has 0 saturated carbocycles. The zero-order valence-electron chi connectivity index (χ0n) is 19.2. The Hall–Kier alpha value is -3.46. The third kappa shape index (κ3) is 4.03. The molecule has 0 spiro atoms. The van der Waals surface area contributed by atoms with E-state index >= 15 is 0 Å². The van der Waals surface area contributed by atoms with E-state index in [1.165, 1.54) is 12.3 Å². The molecule has 1 aliphatic rings. The average Bonchev–Trinajstić information content (AvgIpc) is 3.16. The van der Waals surface area contributed by atoms with Gasteiger partial charge < -0.3 is 4.90 Å². The van der Waals surface area contributed by atoms with Gasteiger partial charge in [0.15, 0.2) is 5.82 Å². The summed E-state index contributed by atoms with van der Waals surface area (Å²) < 4.78 is 40.7. The fourth-order valence-electron chi connectivity index (χ4n) is 4.48. The molecule has 1 aliphatic heterocycles. The van der Waals surface area contributed by atoms with Gasteiger partial charge in [0.25, 0.3) is 5.91 Å². The molecular weight excluding hydrogens is 479 g/mol. The van der Waals surface area contributed by atoms with Crippen LogP contribution in [0.1, 0.15) is 45.2 Å². The lowest BCUT2D eigenvalue weighted by molar-refractivity contribution is -0.137. The van der Waals surface area contributed by atoms with Crippen LogP contribution < -0.4 is 4.90 Å². The zero-order valence-corrected chi connectivity index (χ0v) is 19.9. The highest BCUT2D eigenvalue weighted by Gasteiger charge is 2.32. The standard InChI is InChI=1S/C25H21ClF3N5O/c1-13-10-16(23-30-12-17-11-18(25(27,28)29)5-6-19(17)31-23)4-7-20(13)33-8-9-34-22(24(33)35)14(2)21(32-34)15(3)26/h4-7,10-12,15H,8-9H2,1-3H3. The van der Waals surface area contributed by atoms with E-state index in [1.807, 2.05) is 39.0 Å². The first kappa shape index (κ1) is 23.3. The van der Waals surface area contributed by atoms with E-state index in [4.69, 9.17) is 11.6 Å². The number of nitrogens with zero attached hydrogens (tertiary/aromatic N) is 5. The van der Waals surface area contributed by atoms with Gasteiger partial charge in [-0.15, -0.1) is 11.6 Å². The van der Waals surface area contributed by atoms with E-state index in [1.54, 1.807) is 9.58 Å². The van der Waals surface area contributed by atoms with Crippen molar-refractivity contribution in [3.63, 3.8) is 0 Å². The molecule has 0 aliphatic carbocycles. The predicted molar refractivity (Wildman–Crippen MR) is 128 cm³/mol. The lowest BCUT2D eigenvalue weighted by atomic mass is 10.1. The van der Waals surface area contributed by atoms with Gasteiger partial charge in [0, 0.05) is 34.9 Å². The number of rotatable bonds is 3. The minimum Gasteiger partial charge on any atom is -0.305 e. The normalized spacial score (nSPS) is 14.9. The maximum Gasteiger partial charge on any atom is 0.416 e. The number of fused-ring (bicyclic) bond motifs is 2. The second kappa shape index (κ2) is 8.34. The number of alkyl halides is 4. The summed E-state index contributed by atoms with van der Waals surface area (Å²) in [5, 5.41) is 4.53. The van der Waals surface area contributed by atoms with Crippen LogP contribution in [-0.2, 0) is 12.7 Å². The molecule has 1 amide bonds. The smallest absolute Gasteiger partial charge is 0.305 e. The molecule has 1 atom stereocenters.